The molecule has 4 nitrogen and oxygen atoms in total. The number of benzene rings is 1. The Kier molecular flexibility index (Phi) is 10.9. The highest BCUT2D eigenvalue weighted by atomic mass is 15.3. The van der Waals surface area contributed by atoms with Crippen LogP contribution in [0.5, 0.6) is 0 Å². The van der Waals surface area contributed by atoms with E-state index in [1.54, 1.807) is 5.84 Å². The maximum absolute atomic E-state index is 4.98. The highest BCUT2D eigenvalue weighted by molar-refractivity contribution is 5.84. The fourth-order valence-corrected chi connectivity index (χ4v) is 5.80. The minimum Gasteiger partial charge on any atom is -0.355 e. The highest BCUT2D eigenvalue weighted by Crippen LogP contribution is 2.21. The molecule has 2 aliphatic rings. The van der Waals surface area contributed by atoms with Crippen molar-refractivity contribution in [2.45, 2.75) is 111 Å². The molecule has 2 unspecified atom stereocenters. The lowest BCUT2D eigenvalue weighted by molar-refractivity contribution is -0.522. The fourth-order valence-electron chi connectivity index (χ4n) is 5.80. The predicted molar refractivity (Wildman–Crippen MR) is 147 cm³/mol. The van der Waals surface area contributed by atoms with E-state index in [-0.39, 0.29) is 0 Å². The summed E-state index contributed by atoms with van der Waals surface area (Å²) in [6.45, 7) is 17.3. The lowest BCUT2D eigenvalue weighted by atomic mass is 10.1. The first-order valence-electron chi connectivity index (χ1n) is 14.3. The number of unbranched alkanes of at least 4 members (excludes halogenated alkanes) is 2. The van der Waals surface area contributed by atoms with E-state index in [0.717, 1.165) is 25.9 Å². The highest BCUT2D eigenvalue weighted by Gasteiger charge is 2.35. The van der Waals surface area contributed by atoms with E-state index >= 15 is 0 Å². The summed E-state index contributed by atoms with van der Waals surface area (Å²) in [5.41, 5.74) is 2.82. The molecule has 0 radical (unpaired) electrons. The number of hydrogen-bond acceptors (Lipinski definition) is 3. The maximum atomic E-state index is 4.98. The Morgan fingerprint density at radius 1 is 0.941 bits per heavy atom. The molecule has 4 heteroatoms. The predicted octanol–water partition coefficient (Wildman–Crippen LogP) is 6.31. The first kappa shape index (κ1) is 26.8. The molecule has 2 aliphatic heterocycles. The summed E-state index contributed by atoms with van der Waals surface area (Å²) in [6.07, 6.45) is 12.4. The van der Waals surface area contributed by atoms with Gasteiger partial charge in [-0.05, 0) is 64.4 Å². The van der Waals surface area contributed by atoms with Gasteiger partial charge in [0.1, 0.15) is 12.6 Å². The van der Waals surface area contributed by atoms with Crippen LogP contribution < -0.4 is 0 Å². The third kappa shape index (κ3) is 7.33. The zero-order valence-corrected chi connectivity index (χ0v) is 22.9. The summed E-state index contributed by atoms with van der Waals surface area (Å²) in [5, 5.41) is 0. The Bertz CT molecular complexity index is 812. The number of amidine groups is 2. The van der Waals surface area contributed by atoms with Crippen molar-refractivity contribution in [2.24, 2.45) is 4.99 Å². The van der Waals surface area contributed by atoms with Crippen molar-refractivity contribution in [2.75, 3.05) is 32.7 Å². The van der Waals surface area contributed by atoms with Gasteiger partial charge in [0.15, 0.2) is 0 Å². The molecule has 0 spiro atoms. The summed E-state index contributed by atoms with van der Waals surface area (Å²) in [7, 11) is 0. The largest absolute Gasteiger partial charge is 0.355 e. The Balaban J connectivity index is 1.52. The van der Waals surface area contributed by atoms with Crippen LogP contribution >= 0.6 is 0 Å². The van der Waals surface area contributed by atoms with Gasteiger partial charge in [-0.3, -0.25) is 14.5 Å². The zero-order valence-electron chi connectivity index (χ0n) is 22.9. The summed E-state index contributed by atoms with van der Waals surface area (Å²) in [4.78, 5) is 10.3. The Labute approximate surface area is 210 Å². The lowest BCUT2D eigenvalue weighted by Crippen LogP contribution is -2.38. The summed E-state index contributed by atoms with van der Waals surface area (Å²) in [5.74, 6) is 2.98. The molecule has 0 N–H and O–H groups in total. The third-order valence-electron chi connectivity index (χ3n) is 7.61. The van der Waals surface area contributed by atoms with E-state index in [0.29, 0.717) is 12.1 Å². The molecule has 0 saturated heterocycles. The van der Waals surface area contributed by atoms with Crippen LogP contribution in [-0.4, -0.2) is 70.9 Å². The van der Waals surface area contributed by atoms with Crippen molar-refractivity contribution in [3.05, 3.63) is 35.4 Å². The van der Waals surface area contributed by atoms with Crippen molar-refractivity contribution >= 4 is 11.7 Å². The summed E-state index contributed by atoms with van der Waals surface area (Å²) in [6, 6.07) is 10.3. The first-order chi connectivity index (χ1) is 16.6. The Morgan fingerprint density at radius 2 is 1.76 bits per heavy atom. The van der Waals surface area contributed by atoms with E-state index in [9.17, 15) is 0 Å². The fraction of sp³-hybridized carbons (Fsp3) is 0.733. The summed E-state index contributed by atoms with van der Waals surface area (Å²) >= 11 is 0. The van der Waals surface area contributed by atoms with Gasteiger partial charge >= 0.3 is 0 Å². The lowest BCUT2D eigenvalue weighted by Gasteiger charge is -2.28. The molecule has 0 amide bonds. The smallest absolute Gasteiger partial charge is 0.247 e. The average molecular weight is 468 g/mol. The standard InChI is InChI=1S/C30H51N4/c1-6-9-20-33-26(5)24-32(30(33)14-8-3)19-11-10-17-28-23-31-29(13-7-2)34(28)21-18-27-16-12-15-25(4)22-27/h12,15-16,22,26,28H,6-11,13-14,17-21,23-24H2,1-5H3/q+1. The molecule has 2 atom stereocenters. The third-order valence-corrected chi connectivity index (χ3v) is 7.61. The van der Waals surface area contributed by atoms with E-state index in [1.807, 2.05) is 0 Å². The topological polar surface area (TPSA) is 21.9 Å². The van der Waals surface area contributed by atoms with Crippen LogP contribution in [0.25, 0.3) is 0 Å². The quantitative estimate of drug-likeness (QED) is 0.223. The van der Waals surface area contributed by atoms with Crippen molar-refractivity contribution in [1.82, 2.24) is 9.80 Å². The van der Waals surface area contributed by atoms with Gasteiger partial charge in [-0.1, -0.05) is 57.0 Å². The van der Waals surface area contributed by atoms with Crippen molar-refractivity contribution in [1.29, 1.82) is 0 Å². The molecule has 1 aromatic rings. The van der Waals surface area contributed by atoms with Crippen LogP contribution in [0, 0.1) is 6.92 Å². The van der Waals surface area contributed by atoms with Gasteiger partial charge in [-0.15, -0.1) is 0 Å². The van der Waals surface area contributed by atoms with Gasteiger partial charge in [-0.2, -0.15) is 0 Å². The second kappa shape index (κ2) is 13.9. The van der Waals surface area contributed by atoms with Gasteiger partial charge in [0.2, 0.25) is 5.84 Å². The van der Waals surface area contributed by atoms with Crippen molar-refractivity contribution in [3.8, 4) is 0 Å². The normalized spacial score (nSPS) is 20.6. The van der Waals surface area contributed by atoms with Gasteiger partial charge in [-0.25, -0.2) is 0 Å². The van der Waals surface area contributed by atoms with E-state index in [4.69, 9.17) is 4.99 Å². The molecule has 0 bridgehead atoms. The van der Waals surface area contributed by atoms with Crippen LogP contribution in [0.3, 0.4) is 0 Å². The van der Waals surface area contributed by atoms with E-state index in [2.05, 4.69) is 73.3 Å². The van der Waals surface area contributed by atoms with Crippen molar-refractivity contribution < 1.29 is 4.58 Å². The summed E-state index contributed by atoms with van der Waals surface area (Å²) < 4.78 is 2.72. The number of nitrogens with zero attached hydrogens (tertiary/aromatic N) is 4. The zero-order chi connectivity index (χ0) is 24.3. The molecule has 0 fully saturated rings. The van der Waals surface area contributed by atoms with Crippen LogP contribution in [-0.2, 0) is 6.42 Å². The first-order valence-corrected chi connectivity index (χ1v) is 14.3. The second-order valence-electron chi connectivity index (χ2n) is 10.6. The molecule has 0 saturated carbocycles. The number of aryl methyl sites for hydroxylation is 1. The minimum absolute atomic E-state index is 0.601. The van der Waals surface area contributed by atoms with Crippen LogP contribution in [0.15, 0.2) is 29.3 Å². The van der Waals surface area contributed by atoms with Crippen LogP contribution in [0.2, 0.25) is 0 Å². The van der Waals surface area contributed by atoms with E-state index < -0.39 is 0 Å². The molecule has 190 valence electrons. The molecule has 2 heterocycles. The van der Waals surface area contributed by atoms with Gasteiger partial charge < -0.3 is 4.90 Å². The van der Waals surface area contributed by atoms with Gasteiger partial charge in [0, 0.05) is 25.4 Å². The molecule has 34 heavy (non-hydrogen) atoms. The molecular formula is C30H51N4+. The minimum atomic E-state index is 0.601. The Morgan fingerprint density at radius 3 is 2.50 bits per heavy atom. The van der Waals surface area contributed by atoms with Crippen LogP contribution in [0.1, 0.15) is 96.6 Å². The molecule has 0 aromatic heterocycles. The second-order valence-corrected chi connectivity index (χ2v) is 10.6. The SMILES string of the molecule is CCCCN1C(CCC)=[N+](CCCCC2CN=C(CCC)N2CCc2cccc(C)c2)CC1C. The number of aliphatic imine (C=N–C) groups is 1. The van der Waals surface area contributed by atoms with E-state index in [1.165, 1.54) is 88.0 Å². The monoisotopic (exact) mass is 467 g/mol. The molecule has 1 aromatic carbocycles. The molecular weight excluding hydrogens is 416 g/mol. The number of hydrogen-bond donors (Lipinski definition) is 0. The van der Waals surface area contributed by atoms with Gasteiger partial charge in [0.25, 0.3) is 0 Å². The molecule has 0 aliphatic carbocycles. The number of rotatable bonds is 15. The molecule has 3 rings (SSSR count). The maximum Gasteiger partial charge on any atom is 0.247 e. The van der Waals surface area contributed by atoms with Crippen LogP contribution in [0.4, 0.5) is 0 Å². The van der Waals surface area contributed by atoms with Crippen molar-refractivity contribution in [3.63, 3.8) is 0 Å². The Hall–Kier alpha value is -1.84. The van der Waals surface area contributed by atoms with Gasteiger partial charge in [0.05, 0.1) is 25.5 Å². The average Bonchev–Trinajstić information content (AvgIpc) is 3.34.